The smallest absolute Gasteiger partial charge is 0.240 e. The summed E-state index contributed by atoms with van der Waals surface area (Å²) < 4.78 is 5.22. The summed E-state index contributed by atoms with van der Waals surface area (Å²) in [7, 11) is 1.92. The molecule has 102 valence electrons. The van der Waals surface area contributed by atoms with E-state index in [1.807, 2.05) is 49.2 Å². The maximum atomic E-state index is 9.07. The highest BCUT2D eigenvalue weighted by Gasteiger charge is 2.13. The topological polar surface area (TPSA) is 62.4 Å². The Morgan fingerprint density at radius 2 is 2.05 bits per heavy atom. The SMILES string of the molecule is CC(CO)N(C)Cc1nc(Cc2ccccc2)no1. The minimum atomic E-state index is 0.0736. The second-order valence-corrected chi connectivity index (χ2v) is 4.71. The molecule has 1 aromatic carbocycles. The Hall–Kier alpha value is -1.72. The molecule has 0 saturated heterocycles. The van der Waals surface area contributed by atoms with E-state index in [2.05, 4.69) is 10.1 Å². The number of aliphatic hydroxyl groups excluding tert-OH is 1. The van der Waals surface area contributed by atoms with E-state index in [0.29, 0.717) is 24.7 Å². The van der Waals surface area contributed by atoms with Crippen molar-refractivity contribution in [2.45, 2.75) is 25.9 Å². The van der Waals surface area contributed by atoms with Crippen molar-refractivity contribution in [3.05, 3.63) is 47.6 Å². The van der Waals surface area contributed by atoms with Gasteiger partial charge in [0.25, 0.3) is 0 Å². The first-order chi connectivity index (χ1) is 9.19. The van der Waals surface area contributed by atoms with Crippen LogP contribution in [0.1, 0.15) is 24.2 Å². The van der Waals surface area contributed by atoms with Gasteiger partial charge in [-0.3, -0.25) is 4.90 Å². The zero-order chi connectivity index (χ0) is 13.7. The van der Waals surface area contributed by atoms with Crippen molar-refractivity contribution in [3.8, 4) is 0 Å². The molecule has 1 aromatic heterocycles. The molecule has 5 nitrogen and oxygen atoms in total. The van der Waals surface area contributed by atoms with Gasteiger partial charge >= 0.3 is 0 Å². The number of hydrogen-bond acceptors (Lipinski definition) is 5. The molecule has 0 aliphatic carbocycles. The molecule has 0 aliphatic heterocycles. The Morgan fingerprint density at radius 1 is 1.32 bits per heavy atom. The van der Waals surface area contributed by atoms with E-state index in [9.17, 15) is 0 Å². The van der Waals surface area contributed by atoms with Gasteiger partial charge in [-0.15, -0.1) is 0 Å². The van der Waals surface area contributed by atoms with Crippen LogP contribution in [0.3, 0.4) is 0 Å². The Bertz CT molecular complexity index is 498. The van der Waals surface area contributed by atoms with E-state index in [1.165, 1.54) is 0 Å². The van der Waals surface area contributed by atoms with Crippen LogP contribution in [0.25, 0.3) is 0 Å². The highest BCUT2D eigenvalue weighted by molar-refractivity contribution is 5.18. The summed E-state index contributed by atoms with van der Waals surface area (Å²) >= 11 is 0. The molecule has 2 rings (SSSR count). The maximum Gasteiger partial charge on any atom is 0.240 e. The van der Waals surface area contributed by atoms with Gasteiger partial charge in [0, 0.05) is 12.5 Å². The fourth-order valence-corrected chi connectivity index (χ4v) is 1.71. The van der Waals surface area contributed by atoms with E-state index in [0.717, 1.165) is 5.56 Å². The van der Waals surface area contributed by atoms with Gasteiger partial charge in [0.1, 0.15) is 0 Å². The normalized spacial score (nSPS) is 12.8. The quantitative estimate of drug-likeness (QED) is 0.853. The third-order valence-corrected chi connectivity index (χ3v) is 3.12. The molecule has 19 heavy (non-hydrogen) atoms. The summed E-state index contributed by atoms with van der Waals surface area (Å²) in [5, 5.41) is 13.0. The van der Waals surface area contributed by atoms with Crippen molar-refractivity contribution in [2.75, 3.05) is 13.7 Å². The van der Waals surface area contributed by atoms with Gasteiger partial charge in [-0.1, -0.05) is 35.5 Å². The molecule has 5 heteroatoms. The van der Waals surface area contributed by atoms with Gasteiger partial charge in [-0.05, 0) is 19.5 Å². The van der Waals surface area contributed by atoms with E-state index in [4.69, 9.17) is 9.63 Å². The van der Waals surface area contributed by atoms with Crippen molar-refractivity contribution in [3.63, 3.8) is 0 Å². The van der Waals surface area contributed by atoms with Crippen LogP contribution in [0, 0.1) is 0 Å². The van der Waals surface area contributed by atoms with Crippen molar-refractivity contribution in [2.24, 2.45) is 0 Å². The molecular formula is C14H19N3O2. The lowest BCUT2D eigenvalue weighted by atomic mass is 10.1. The number of rotatable bonds is 6. The summed E-state index contributed by atoms with van der Waals surface area (Å²) in [5.41, 5.74) is 1.16. The molecule has 2 aromatic rings. The van der Waals surface area contributed by atoms with Gasteiger partial charge in [-0.25, -0.2) is 0 Å². The summed E-state index contributed by atoms with van der Waals surface area (Å²) in [4.78, 5) is 6.33. The minimum Gasteiger partial charge on any atom is -0.395 e. The van der Waals surface area contributed by atoms with Gasteiger partial charge < -0.3 is 9.63 Å². The zero-order valence-electron chi connectivity index (χ0n) is 11.3. The first-order valence-electron chi connectivity index (χ1n) is 6.35. The van der Waals surface area contributed by atoms with Crippen LogP contribution in [0.15, 0.2) is 34.9 Å². The van der Waals surface area contributed by atoms with Crippen LogP contribution >= 0.6 is 0 Å². The van der Waals surface area contributed by atoms with Crippen molar-refractivity contribution in [1.82, 2.24) is 15.0 Å². The van der Waals surface area contributed by atoms with Crippen LogP contribution in [0.2, 0.25) is 0 Å². The molecule has 0 saturated carbocycles. The third kappa shape index (κ3) is 3.87. The summed E-state index contributed by atoms with van der Waals surface area (Å²) in [6, 6.07) is 10.1. The molecule has 1 unspecified atom stereocenters. The highest BCUT2D eigenvalue weighted by Crippen LogP contribution is 2.08. The average Bonchev–Trinajstić information content (AvgIpc) is 2.86. The number of hydrogen-bond donors (Lipinski definition) is 1. The van der Waals surface area contributed by atoms with E-state index < -0.39 is 0 Å². The van der Waals surface area contributed by atoms with Crippen molar-refractivity contribution in [1.29, 1.82) is 0 Å². The van der Waals surface area contributed by atoms with Crippen molar-refractivity contribution >= 4 is 0 Å². The molecule has 0 aliphatic rings. The van der Waals surface area contributed by atoms with E-state index in [1.54, 1.807) is 0 Å². The Kier molecular flexibility index (Phi) is 4.65. The molecular weight excluding hydrogens is 242 g/mol. The molecule has 0 spiro atoms. The predicted octanol–water partition coefficient (Wildman–Crippen LogP) is 1.47. The number of nitrogens with zero attached hydrogens (tertiary/aromatic N) is 3. The lowest BCUT2D eigenvalue weighted by Crippen LogP contribution is -2.31. The Labute approximate surface area is 112 Å². The molecule has 0 fully saturated rings. The standard InChI is InChI=1S/C14H19N3O2/c1-11(10-18)17(2)9-14-15-13(16-19-14)8-12-6-4-3-5-7-12/h3-7,11,18H,8-10H2,1-2H3. The Morgan fingerprint density at radius 3 is 2.74 bits per heavy atom. The van der Waals surface area contributed by atoms with Crippen LogP contribution < -0.4 is 0 Å². The number of aromatic nitrogens is 2. The zero-order valence-corrected chi connectivity index (χ0v) is 11.3. The van der Waals surface area contributed by atoms with Crippen LogP contribution in [0.4, 0.5) is 0 Å². The number of benzene rings is 1. The van der Waals surface area contributed by atoms with E-state index in [-0.39, 0.29) is 12.6 Å². The van der Waals surface area contributed by atoms with Crippen molar-refractivity contribution < 1.29 is 9.63 Å². The summed E-state index contributed by atoms with van der Waals surface area (Å²) in [5.74, 6) is 1.26. The first-order valence-corrected chi connectivity index (χ1v) is 6.35. The highest BCUT2D eigenvalue weighted by atomic mass is 16.5. The summed E-state index contributed by atoms with van der Waals surface area (Å²) in [6.45, 7) is 2.60. The number of likely N-dealkylation sites (N-methyl/N-ethyl adjacent to an activating group) is 1. The molecule has 0 radical (unpaired) electrons. The van der Waals surface area contributed by atoms with Crippen LogP contribution in [0.5, 0.6) is 0 Å². The number of aliphatic hydroxyl groups is 1. The second kappa shape index (κ2) is 6.45. The lowest BCUT2D eigenvalue weighted by Gasteiger charge is -2.20. The lowest BCUT2D eigenvalue weighted by molar-refractivity contribution is 0.142. The van der Waals surface area contributed by atoms with Gasteiger partial charge in [0.05, 0.1) is 13.2 Å². The predicted molar refractivity (Wildman–Crippen MR) is 71.6 cm³/mol. The summed E-state index contributed by atoms with van der Waals surface area (Å²) in [6.07, 6.45) is 0.670. The monoisotopic (exact) mass is 261 g/mol. The fourth-order valence-electron chi connectivity index (χ4n) is 1.71. The minimum absolute atomic E-state index is 0.0736. The molecule has 0 amide bonds. The van der Waals surface area contributed by atoms with Gasteiger partial charge in [-0.2, -0.15) is 4.98 Å². The van der Waals surface area contributed by atoms with Gasteiger partial charge in [0.2, 0.25) is 5.89 Å². The molecule has 1 N–H and O–H groups in total. The second-order valence-electron chi connectivity index (χ2n) is 4.71. The Balaban J connectivity index is 1.96. The van der Waals surface area contributed by atoms with Crippen LogP contribution in [-0.2, 0) is 13.0 Å². The average molecular weight is 261 g/mol. The van der Waals surface area contributed by atoms with Crippen LogP contribution in [-0.4, -0.2) is 39.8 Å². The largest absolute Gasteiger partial charge is 0.395 e. The first kappa shape index (κ1) is 13.7. The molecule has 1 heterocycles. The van der Waals surface area contributed by atoms with Gasteiger partial charge in [0.15, 0.2) is 5.82 Å². The third-order valence-electron chi connectivity index (χ3n) is 3.12. The van der Waals surface area contributed by atoms with E-state index >= 15 is 0 Å². The maximum absolute atomic E-state index is 9.07. The molecule has 0 bridgehead atoms. The molecule has 1 atom stereocenters. The fraction of sp³-hybridized carbons (Fsp3) is 0.429.